The van der Waals surface area contributed by atoms with Gasteiger partial charge in [0.05, 0.1) is 18.4 Å². The van der Waals surface area contributed by atoms with Gasteiger partial charge in [-0.05, 0) is 42.8 Å². The highest BCUT2D eigenvalue weighted by Gasteiger charge is 2.22. The monoisotopic (exact) mass is 450 g/mol. The molecule has 0 spiro atoms. The molecule has 0 bridgehead atoms. The third kappa shape index (κ3) is 5.38. The number of carbonyl (C=O) groups is 1. The number of rotatable bonds is 8. The van der Waals surface area contributed by atoms with Crippen LogP contribution in [-0.4, -0.2) is 26.7 Å². The third-order valence-electron chi connectivity index (χ3n) is 4.09. The predicted molar refractivity (Wildman–Crippen MR) is 109 cm³/mol. The average Bonchev–Trinajstić information content (AvgIpc) is 3.16. The van der Waals surface area contributed by atoms with Crippen LogP contribution in [0.25, 0.3) is 0 Å². The SMILES string of the molecule is COc1ccc(C(=O)OCc2cc(C)no2)cc1S(=O)(=O)NCc1ccc(Cl)cc1. The zero-order valence-corrected chi connectivity index (χ0v) is 17.8. The Morgan fingerprint density at radius 2 is 1.90 bits per heavy atom. The van der Waals surface area contributed by atoms with E-state index in [1.165, 1.54) is 25.3 Å². The number of benzene rings is 2. The maximum absolute atomic E-state index is 12.8. The first-order valence-corrected chi connectivity index (χ1v) is 10.7. The van der Waals surface area contributed by atoms with E-state index in [1.807, 2.05) is 0 Å². The number of halogens is 1. The van der Waals surface area contributed by atoms with E-state index in [9.17, 15) is 13.2 Å². The summed E-state index contributed by atoms with van der Waals surface area (Å²) in [6.45, 7) is 1.66. The number of nitrogens with zero attached hydrogens (tertiary/aromatic N) is 1. The fourth-order valence-corrected chi connectivity index (χ4v) is 3.91. The van der Waals surface area contributed by atoms with Gasteiger partial charge in [0, 0.05) is 17.6 Å². The standard InChI is InChI=1S/C20H19ClN2O6S/c1-13-9-17(29-23-13)12-28-20(24)15-5-8-18(27-2)19(10-15)30(25,26)22-11-14-3-6-16(21)7-4-14/h3-10,22H,11-12H2,1-2H3. The van der Waals surface area contributed by atoms with Crippen molar-refractivity contribution in [3.63, 3.8) is 0 Å². The second-order valence-electron chi connectivity index (χ2n) is 6.33. The molecular weight excluding hydrogens is 432 g/mol. The number of sulfonamides is 1. The first-order chi connectivity index (χ1) is 14.3. The van der Waals surface area contributed by atoms with E-state index in [1.54, 1.807) is 37.3 Å². The normalized spacial score (nSPS) is 11.3. The van der Waals surface area contributed by atoms with Crippen LogP contribution in [0.2, 0.25) is 5.02 Å². The van der Waals surface area contributed by atoms with Crippen LogP contribution in [0, 0.1) is 6.92 Å². The molecule has 1 N–H and O–H groups in total. The van der Waals surface area contributed by atoms with E-state index in [0.29, 0.717) is 16.5 Å². The number of hydrogen-bond donors (Lipinski definition) is 1. The fourth-order valence-electron chi connectivity index (χ4n) is 2.58. The summed E-state index contributed by atoms with van der Waals surface area (Å²) in [6, 6.07) is 12.4. The van der Waals surface area contributed by atoms with Gasteiger partial charge in [-0.1, -0.05) is 28.9 Å². The summed E-state index contributed by atoms with van der Waals surface area (Å²) in [5.41, 5.74) is 1.43. The Hall–Kier alpha value is -2.88. The molecule has 8 nitrogen and oxygen atoms in total. The number of nitrogens with one attached hydrogen (secondary N) is 1. The molecular formula is C20H19ClN2O6S. The third-order valence-corrected chi connectivity index (χ3v) is 5.77. The number of esters is 1. The summed E-state index contributed by atoms with van der Waals surface area (Å²) < 4.78 is 43.4. The molecule has 1 aromatic heterocycles. The number of ether oxygens (including phenoxy) is 2. The minimum Gasteiger partial charge on any atom is -0.495 e. The van der Waals surface area contributed by atoms with Crippen LogP contribution >= 0.6 is 11.6 Å². The van der Waals surface area contributed by atoms with Crippen LogP contribution in [0.3, 0.4) is 0 Å². The lowest BCUT2D eigenvalue weighted by atomic mass is 10.2. The molecule has 30 heavy (non-hydrogen) atoms. The molecule has 10 heteroatoms. The van der Waals surface area contributed by atoms with Crippen LogP contribution in [0.5, 0.6) is 5.75 Å². The molecule has 0 amide bonds. The molecule has 2 aromatic carbocycles. The van der Waals surface area contributed by atoms with Gasteiger partial charge in [0.15, 0.2) is 12.4 Å². The summed E-state index contributed by atoms with van der Waals surface area (Å²) >= 11 is 5.84. The van der Waals surface area contributed by atoms with Crippen molar-refractivity contribution in [1.29, 1.82) is 0 Å². The topological polar surface area (TPSA) is 108 Å². The van der Waals surface area contributed by atoms with Gasteiger partial charge in [0.2, 0.25) is 10.0 Å². The number of hydrogen-bond acceptors (Lipinski definition) is 7. The van der Waals surface area contributed by atoms with E-state index in [2.05, 4.69) is 9.88 Å². The van der Waals surface area contributed by atoms with Crippen LogP contribution in [0.1, 0.15) is 27.4 Å². The minimum absolute atomic E-state index is 0.0438. The van der Waals surface area contributed by atoms with Crippen molar-refractivity contribution in [3.8, 4) is 5.75 Å². The molecule has 0 fully saturated rings. The van der Waals surface area contributed by atoms with Crippen molar-refractivity contribution in [2.24, 2.45) is 0 Å². The Labute approximate surface area is 178 Å². The molecule has 0 aliphatic heterocycles. The van der Waals surface area contributed by atoms with Gasteiger partial charge in [0.25, 0.3) is 0 Å². The van der Waals surface area contributed by atoms with Gasteiger partial charge < -0.3 is 14.0 Å². The second-order valence-corrected chi connectivity index (χ2v) is 8.50. The summed E-state index contributed by atoms with van der Waals surface area (Å²) in [7, 11) is -2.63. The number of carbonyl (C=O) groups excluding carboxylic acids is 1. The molecule has 0 radical (unpaired) electrons. The van der Waals surface area contributed by atoms with Crippen molar-refractivity contribution in [2.45, 2.75) is 25.0 Å². The summed E-state index contributed by atoms with van der Waals surface area (Å²) in [4.78, 5) is 12.2. The van der Waals surface area contributed by atoms with Crippen molar-refractivity contribution >= 4 is 27.6 Å². The zero-order valence-electron chi connectivity index (χ0n) is 16.2. The molecule has 3 rings (SSSR count). The quantitative estimate of drug-likeness (QED) is 0.523. The molecule has 1 heterocycles. The Kier molecular flexibility index (Phi) is 6.76. The van der Waals surface area contributed by atoms with Crippen LogP contribution in [0.4, 0.5) is 0 Å². The van der Waals surface area contributed by atoms with Crippen molar-refractivity contribution in [2.75, 3.05) is 7.11 Å². The van der Waals surface area contributed by atoms with Crippen LogP contribution in [0.15, 0.2) is 57.9 Å². The van der Waals surface area contributed by atoms with Gasteiger partial charge in [0.1, 0.15) is 10.6 Å². The Morgan fingerprint density at radius 3 is 2.53 bits per heavy atom. The van der Waals surface area contributed by atoms with Crippen LogP contribution in [-0.2, 0) is 27.9 Å². The average molecular weight is 451 g/mol. The summed E-state index contributed by atoms with van der Waals surface area (Å²) in [5, 5.41) is 4.26. The van der Waals surface area contributed by atoms with Gasteiger partial charge in [-0.15, -0.1) is 0 Å². The number of aromatic nitrogens is 1. The minimum atomic E-state index is -3.98. The predicted octanol–water partition coefficient (Wildman–Crippen LogP) is 3.48. The first kappa shape index (κ1) is 21.8. The highest BCUT2D eigenvalue weighted by atomic mass is 35.5. The molecule has 0 unspecified atom stereocenters. The van der Waals surface area contributed by atoms with Crippen LogP contribution < -0.4 is 9.46 Å². The lowest BCUT2D eigenvalue weighted by Crippen LogP contribution is -2.24. The Balaban J connectivity index is 1.76. The van der Waals surface area contributed by atoms with E-state index < -0.39 is 16.0 Å². The first-order valence-electron chi connectivity index (χ1n) is 8.80. The van der Waals surface area contributed by atoms with E-state index >= 15 is 0 Å². The maximum Gasteiger partial charge on any atom is 0.338 e. The zero-order chi connectivity index (χ0) is 21.7. The summed E-state index contributed by atoms with van der Waals surface area (Å²) in [6.07, 6.45) is 0. The van der Waals surface area contributed by atoms with Crippen molar-refractivity contribution in [3.05, 3.63) is 76.1 Å². The highest BCUT2D eigenvalue weighted by molar-refractivity contribution is 7.89. The fraction of sp³-hybridized carbons (Fsp3) is 0.200. The lowest BCUT2D eigenvalue weighted by molar-refractivity contribution is 0.0437. The van der Waals surface area contributed by atoms with E-state index in [0.717, 1.165) is 5.56 Å². The van der Waals surface area contributed by atoms with Gasteiger partial charge in [-0.3, -0.25) is 0 Å². The van der Waals surface area contributed by atoms with Gasteiger partial charge >= 0.3 is 5.97 Å². The molecule has 0 aliphatic rings. The smallest absolute Gasteiger partial charge is 0.338 e. The molecule has 158 valence electrons. The highest BCUT2D eigenvalue weighted by Crippen LogP contribution is 2.25. The van der Waals surface area contributed by atoms with Gasteiger partial charge in [-0.2, -0.15) is 0 Å². The molecule has 0 atom stereocenters. The largest absolute Gasteiger partial charge is 0.495 e. The Bertz CT molecular complexity index is 1140. The molecule has 0 saturated carbocycles. The maximum atomic E-state index is 12.8. The van der Waals surface area contributed by atoms with Crippen molar-refractivity contribution < 1.29 is 27.2 Å². The lowest BCUT2D eigenvalue weighted by Gasteiger charge is -2.12. The summed E-state index contributed by atoms with van der Waals surface area (Å²) in [5.74, 6) is -0.228. The Morgan fingerprint density at radius 1 is 1.17 bits per heavy atom. The number of aryl methyl sites for hydroxylation is 1. The van der Waals surface area contributed by atoms with E-state index in [4.69, 9.17) is 25.6 Å². The van der Waals surface area contributed by atoms with Crippen molar-refractivity contribution in [1.82, 2.24) is 9.88 Å². The van der Waals surface area contributed by atoms with E-state index in [-0.39, 0.29) is 29.4 Å². The molecule has 3 aromatic rings. The molecule has 0 saturated heterocycles. The number of methoxy groups -OCH3 is 1. The second kappa shape index (κ2) is 9.29. The van der Waals surface area contributed by atoms with Gasteiger partial charge in [-0.25, -0.2) is 17.9 Å². The molecule has 0 aliphatic carbocycles.